The van der Waals surface area contributed by atoms with Gasteiger partial charge in [0.15, 0.2) is 0 Å². The molecule has 1 atom stereocenters. The molecule has 0 amide bonds. The fourth-order valence-electron chi connectivity index (χ4n) is 1.86. The van der Waals surface area contributed by atoms with Gasteiger partial charge in [0, 0.05) is 0 Å². The van der Waals surface area contributed by atoms with Gasteiger partial charge in [0.1, 0.15) is 0 Å². The average molecular weight is 257 g/mol. The summed E-state index contributed by atoms with van der Waals surface area (Å²) in [6.07, 6.45) is 0. The normalized spacial score (nSPS) is 16.0. The first-order chi connectivity index (χ1) is 4.76. The van der Waals surface area contributed by atoms with Crippen LogP contribution in [0.25, 0.3) is 0 Å². The Kier molecular flexibility index (Phi) is 4.49. The Bertz CT molecular complexity index is 105. The van der Waals surface area contributed by atoms with Crippen molar-refractivity contribution < 1.29 is 0 Å². The molecule has 0 aromatic heterocycles. The van der Waals surface area contributed by atoms with Crippen molar-refractivity contribution in [1.29, 1.82) is 0 Å². The van der Waals surface area contributed by atoms with Crippen molar-refractivity contribution in [3.63, 3.8) is 0 Å². The van der Waals surface area contributed by atoms with Crippen LogP contribution >= 0.6 is 0 Å². The quantitative estimate of drug-likeness (QED) is 0.731. The zero-order valence-corrected chi connectivity index (χ0v) is 12.0. The Morgan fingerprint density at radius 2 is 1.45 bits per heavy atom. The third-order valence-corrected chi connectivity index (χ3v) is 2.69. The van der Waals surface area contributed by atoms with E-state index in [1.165, 1.54) is 24.4 Å². The molecule has 0 fully saturated rings. The summed E-state index contributed by atoms with van der Waals surface area (Å²) in [5.74, 6) is 0. The molecule has 1 nitrogen and oxygen atoms in total. The van der Waals surface area contributed by atoms with E-state index in [2.05, 4.69) is 46.4 Å². The second kappa shape index (κ2) is 4.18. The van der Waals surface area contributed by atoms with E-state index in [1.54, 1.807) is 0 Å². The molecule has 0 N–H and O–H groups in total. The average Bonchev–Trinajstić information content (AvgIpc) is 1.54. The predicted molar refractivity (Wildman–Crippen MR) is 51.9 cm³/mol. The summed E-state index contributed by atoms with van der Waals surface area (Å²) in [4.78, 5) is 2.58. The van der Waals surface area contributed by atoms with E-state index >= 15 is 0 Å². The number of nitrogens with zero attached hydrogens (tertiary/aromatic N) is 1. The molecule has 0 aliphatic heterocycles. The van der Waals surface area contributed by atoms with Gasteiger partial charge < -0.3 is 0 Å². The third-order valence-electron chi connectivity index (χ3n) is 1.77. The minimum atomic E-state index is 0.326. The zero-order chi connectivity index (χ0) is 9.23. The van der Waals surface area contributed by atoms with Gasteiger partial charge in [0.25, 0.3) is 0 Å². The summed E-state index contributed by atoms with van der Waals surface area (Å²) in [5.41, 5.74) is 0.326. The Morgan fingerprint density at radius 3 is 1.45 bits per heavy atom. The van der Waals surface area contributed by atoms with E-state index < -0.39 is 0 Å². The molecule has 11 heavy (non-hydrogen) atoms. The first-order valence-electron chi connectivity index (χ1n) is 4.31. The maximum atomic E-state index is 2.58. The Hall–Kier alpha value is 0.830. The maximum absolute atomic E-state index is 2.58. The van der Waals surface area contributed by atoms with Crippen LogP contribution in [0.2, 0.25) is 0 Å². The van der Waals surface area contributed by atoms with Crippen molar-refractivity contribution in [3.8, 4) is 0 Å². The SMILES string of the molecule is CC(C)N([CH](C)[In])C(C)(C)C. The van der Waals surface area contributed by atoms with Crippen molar-refractivity contribution in [1.82, 2.24) is 4.90 Å². The van der Waals surface area contributed by atoms with E-state index in [9.17, 15) is 0 Å². The molecule has 0 aliphatic carbocycles. The zero-order valence-electron chi connectivity index (χ0n) is 8.68. The number of hydrogen-bond donors (Lipinski definition) is 0. The summed E-state index contributed by atoms with van der Waals surface area (Å²) >= 11 is 1.32. The molecule has 0 saturated carbocycles. The minimum absolute atomic E-state index is 0.326. The van der Waals surface area contributed by atoms with Gasteiger partial charge in [-0.1, -0.05) is 0 Å². The Balaban J connectivity index is 4.35. The molecule has 2 heteroatoms. The van der Waals surface area contributed by atoms with Crippen molar-refractivity contribution in [2.45, 2.75) is 56.9 Å². The molecular weight excluding hydrogens is 237 g/mol. The van der Waals surface area contributed by atoms with Gasteiger partial charge in [-0.25, -0.2) is 0 Å². The van der Waals surface area contributed by atoms with Gasteiger partial charge in [0.05, 0.1) is 0 Å². The van der Waals surface area contributed by atoms with Crippen LogP contribution in [-0.4, -0.2) is 44.7 Å². The molecule has 0 bridgehead atoms. The van der Waals surface area contributed by atoms with Crippen LogP contribution in [0.4, 0.5) is 0 Å². The molecule has 0 spiro atoms. The molecule has 0 saturated heterocycles. The third kappa shape index (κ3) is 3.84. The van der Waals surface area contributed by atoms with Gasteiger partial charge >= 0.3 is 86.2 Å². The molecule has 0 aliphatic rings. The standard InChI is InChI=1S/C9H20N.In/c1-7-10(8(2)3)9(4,5)6;/h7-8H,1-6H3;. The molecule has 0 heterocycles. The molecule has 2 radical (unpaired) electrons. The topological polar surface area (TPSA) is 3.24 Å². The second-order valence-corrected chi connectivity index (χ2v) is 7.17. The predicted octanol–water partition coefficient (Wildman–Crippen LogP) is 2.01. The van der Waals surface area contributed by atoms with Crippen LogP contribution in [0, 0.1) is 0 Å². The Morgan fingerprint density at radius 1 is 1.09 bits per heavy atom. The molecule has 1 unspecified atom stereocenters. The van der Waals surface area contributed by atoms with Crippen LogP contribution in [-0.2, 0) is 0 Å². The molecular formula is C9H20InN. The van der Waals surface area contributed by atoms with Gasteiger partial charge in [0.2, 0.25) is 0 Å². The van der Waals surface area contributed by atoms with Crippen molar-refractivity contribution in [2.75, 3.05) is 0 Å². The first-order valence-corrected chi connectivity index (χ1v) is 6.21. The van der Waals surface area contributed by atoms with Gasteiger partial charge in [-0.05, 0) is 0 Å². The van der Waals surface area contributed by atoms with Crippen LogP contribution in [0.3, 0.4) is 0 Å². The van der Waals surface area contributed by atoms with Crippen molar-refractivity contribution in [2.24, 2.45) is 0 Å². The van der Waals surface area contributed by atoms with E-state index in [1.807, 2.05) is 0 Å². The van der Waals surface area contributed by atoms with Crippen LogP contribution in [0.15, 0.2) is 0 Å². The van der Waals surface area contributed by atoms with E-state index in [0.29, 0.717) is 11.6 Å². The van der Waals surface area contributed by atoms with Crippen molar-refractivity contribution >= 4 is 24.4 Å². The second-order valence-electron chi connectivity index (χ2n) is 4.41. The van der Waals surface area contributed by atoms with Crippen LogP contribution < -0.4 is 0 Å². The Labute approximate surface area is 86.1 Å². The van der Waals surface area contributed by atoms with Gasteiger partial charge in [-0.3, -0.25) is 0 Å². The molecule has 64 valence electrons. The van der Waals surface area contributed by atoms with E-state index in [-0.39, 0.29) is 0 Å². The van der Waals surface area contributed by atoms with E-state index in [4.69, 9.17) is 0 Å². The monoisotopic (exact) mass is 257 g/mol. The van der Waals surface area contributed by atoms with Crippen molar-refractivity contribution in [3.05, 3.63) is 0 Å². The summed E-state index contributed by atoms with van der Waals surface area (Å²) in [7, 11) is 0. The molecule has 0 rings (SSSR count). The fraction of sp³-hybridized carbons (Fsp3) is 1.00. The summed E-state index contributed by atoms with van der Waals surface area (Å²) in [6.45, 7) is 13.7. The van der Waals surface area contributed by atoms with Gasteiger partial charge in [-0.2, -0.15) is 0 Å². The van der Waals surface area contributed by atoms with Crippen LogP contribution in [0.5, 0.6) is 0 Å². The van der Waals surface area contributed by atoms with Gasteiger partial charge in [-0.15, -0.1) is 0 Å². The number of rotatable bonds is 2. The van der Waals surface area contributed by atoms with Crippen LogP contribution in [0.1, 0.15) is 41.5 Å². The summed E-state index contributed by atoms with van der Waals surface area (Å²) in [6, 6.07) is 0.667. The molecule has 0 aromatic carbocycles. The fourth-order valence-corrected chi connectivity index (χ4v) is 4.11. The number of hydrogen-bond acceptors (Lipinski definition) is 1. The molecule has 0 aromatic rings. The summed E-state index contributed by atoms with van der Waals surface area (Å²) in [5, 5.41) is 0. The summed E-state index contributed by atoms with van der Waals surface area (Å²) < 4.78 is 0.764. The van der Waals surface area contributed by atoms with E-state index in [0.717, 1.165) is 3.80 Å². The first kappa shape index (κ1) is 11.8.